The van der Waals surface area contributed by atoms with E-state index >= 15 is 0 Å². The summed E-state index contributed by atoms with van der Waals surface area (Å²) in [7, 11) is 13.8. The van der Waals surface area contributed by atoms with Crippen LogP contribution in [0.2, 0.25) is 16.3 Å². The van der Waals surface area contributed by atoms with Crippen LogP contribution in [0.15, 0.2) is 59.3 Å². The Morgan fingerprint density at radius 1 is 1.22 bits per heavy atom. The molecular weight excluding hydrogens is 554 g/mol. The second-order valence-corrected chi connectivity index (χ2v) is 23.3. The van der Waals surface area contributed by atoms with Gasteiger partial charge in [-0.05, 0) is 0 Å². The zero-order valence-electron chi connectivity index (χ0n) is 17.2. The number of hydrogen-bond acceptors (Lipinski definition) is 0. The Bertz CT molecular complexity index is 795. The number of allylic oxidation sites excluding steroid dienone is 10. The fourth-order valence-electron chi connectivity index (χ4n) is 5.63. The summed E-state index contributed by atoms with van der Waals surface area (Å²) in [5.41, 5.74) is 4.60. The van der Waals surface area contributed by atoms with Crippen LogP contribution in [0.3, 0.4) is 0 Å². The molecule has 4 heteroatoms. The van der Waals surface area contributed by atoms with Crippen molar-refractivity contribution in [3.05, 3.63) is 59.3 Å². The average Bonchev–Trinajstić information content (AvgIpc) is 3.15. The van der Waals surface area contributed by atoms with E-state index in [1.54, 1.807) is 10.7 Å². The standard InChI is InChI=1S/C23H31Si.2ClH.Hf/c1-6-7-16-23(3)21(18-13-9-10-14-18)19-15-11-8-12-17(2)20(19)22(23)24(4)5;;;/h8-13,15,17H,6-7,14,16H2,1-5H3;2*1H;/q;;;+2/p-2. The predicted octanol–water partition coefficient (Wildman–Crippen LogP) is 7.73. The van der Waals surface area contributed by atoms with Crippen LogP contribution in [0.1, 0.15) is 46.5 Å². The molecule has 3 rings (SSSR count). The zero-order chi connectivity index (χ0) is 19.8. The van der Waals surface area contributed by atoms with E-state index in [1.807, 2.05) is 0 Å². The van der Waals surface area contributed by atoms with Gasteiger partial charge in [-0.25, -0.2) is 0 Å². The van der Waals surface area contributed by atoms with Crippen LogP contribution in [0.5, 0.6) is 0 Å². The Morgan fingerprint density at radius 2 is 1.96 bits per heavy atom. The van der Waals surface area contributed by atoms with E-state index in [-0.39, 0.29) is 8.59 Å². The van der Waals surface area contributed by atoms with E-state index in [0.29, 0.717) is 5.92 Å². The molecule has 145 valence electrons. The summed E-state index contributed by atoms with van der Waals surface area (Å²) in [5, 5.41) is 1.72. The minimum absolute atomic E-state index is 0.0681. The molecule has 0 nitrogen and oxygen atoms in total. The maximum atomic E-state index is 7.19. The van der Waals surface area contributed by atoms with Gasteiger partial charge in [0.05, 0.1) is 0 Å². The van der Waals surface area contributed by atoms with E-state index < -0.39 is 27.5 Å². The summed E-state index contributed by atoms with van der Waals surface area (Å²) in [5.74, 6) is 0.432. The predicted molar refractivity (Wildman–Crippen MR) is 121 cm³/mol. The summed E-state index contributed by atoms with van der Waals surface area (Å²) in [6, 6.07) is 0. The zero-order valence-corrected chi connectivity index (χ0v) is 23.3. The fraction of sp³-hybridized carbons (Fsp3) is 0.522. The molecule has 0 fully saturated rings. The third kappa shape index (κ3) is 3.31. The van der Waals surface area contributed by atoms with Gasteiger partial charge in [0.1, 0.15) is 0 Å². The first-order valence-electron chi connectivity index (χ1n) is 10.1. The van der Waals surface area contributed by atoms with Gasteiger partial charge in [-0.2, -0.15) is 0 Å². The molecule has 0 saturated heterocycles. The quantitative estimate of drug-likeness (QED) is 0.290. The molecule has 3 unspecified atom stereocenters. The van der Waals surface area contributed by atoms with E-state index in [4.69, 9.17) is 17.2 Å². The van der Waals surface area contributed by atoms with Crippen molar-refractivity contribution in [3.8, 4) is 0 Å². The van der Waals surface area contributed by atoms with Crippen molar-refractivity contribution in [1.29, 1.82) is 0 Å². The van der Waals surface area contributed by atoms with Crippen molar-refractivity contribution in [2.45, 2.75) is 62.7 Å². The van der Waals surface area contributed by atoms with Crippen LogP contribution in [-0.4, -0.2) is 13.6 Å². The maximum absolute atomic E-state index is 7.19. The van der Waals surface area contributed by atoms with Gasteiger partial charge >= 0.3 is 183 Å². The number of halogens is 2. The molecular formula is C23H31Cl2HfSi. The number of rotatable bonds is 5. The van der Waals surface area contributed by atoms with E-state index in [0.717, 1.165) is 6.42 Å². The number of hydrogen-bond donors (Lipinski definition) is 0. The Morgan fingerprint density at radius 3 is 2.52 bits per heavy atom. The number of unbranched alkanes of at least 4 members (excludes halogenated alkanes) is 1. The van der Waals surface area contributed by atoms with Gasteiger partial charge in [0.15, 0.2) is 0 Å². The molecule has 0 aliphatic heterocycles. The SMILES string of the molecule is CCCCC1(C)C(=[Si](C)C)C2=C(C=CC=CC2C)[C]1(C1=CC=CC1)[Hf]([Cl])[Cl]. The van der Waals surface area contributed by atoms with Crippen LogP contribution in [0, 0.1) is 11.3 Å². The summed E-state index contributed by atoms with van der Waals surface area (Å²) >= 11 is -2.98. The molecule has 0 aromatic carbocycles. The van der Waals surface area contributed by atoms with Crippen LogP contribution in [0.4, 0.5) is 0 Å². The Labute approximate surface area is 182 Å². The molecule has 0 spiro atoms. The molecule has 27 heavy (non-hydrogen) atoms. The molecule has 0 bridgehead atoms. The molecule has 0 radical (unpaired) electrons. The fourth-order valence-corrected chi connectivity index (χ4v) is 20.9. The normalized spacial score (nSPS) is 32.0. The third-order valence-electron chi connectivity index (χ3n) is 6.64. The van der Waals surface area contributed by atoms with Crippen LogP contribution in [0.25, 0.3) is 0 Å². The summed E-state index contributed by atoms with van der Waals surface area (Å²) in [6.07, 6.45) is 20.6. The molecule has 0 heterocycles. The first-order chi connectivity index (χ1) is 12.8. The molecule has 3 atom stereocenters. The van der Waals surface area contributed by atoms with E-state index in [1.165, 1.54) is 30.4 Å². The summed E-state index contributed by atoms with van der Waals surface area (Å²) in [4.78, 5) is 0. The van der Waals surface area contributed by atoms with Crippen LogP contribution >= 0.6 is 17.2 Å². The molecule has 0 N–H and O–H groups in total. The van der Waals surface area contributed by atoms with Crippen molar-refractivity contribution in [1.82, 2.24) is 0 Å². The molecule has 3 aliphatic carbocycles. The van der Waals surface area contributed by atoms with Gasteiger partial charge in [0.25, 0.3) is 0 Å². The topological polar surface area (TPSA) is 0 Å². The molecule has 0 aromatic heterocycles. The summed E-state index contributed by atoms with van der Waals surface area (Å²) in [6.45, 7) is 12.1. The Balaban J connectivity index is 2.40. The minimum atomic E-state index is -2.98. The summed E-state index contributed by atoms with van der Waals surface area (Å²) < 4.78 is -0.122. The van der Waals surface area contributed by atoms with E-state index in [2.05, 4.69) is 76.4 Å². The third-order valence-corrected chi connectivity index (χ3v) is 19.2. The van der Waals surface area contributed by atoms with Crippen molar-refractivity contribution >= 4 is 30.7 Å². The van der Waals surface area contributed by atoms with E-state index in [9.17, 15) is 0 Å². The van der Waals surface area contributed by atoms with Crippen molar-refractivity contribution in [3.63, 3.8) is 0 Å². The van der Waals surface area contributed by atoms with Gasteiger partial charge in [0.2, 0.25) is 0 Å². The van der Waals surface area contributed by atoms with Crippen LogP contribution in [-0.2, 0) is 19.1 Å². The van der Waals surface area contributed by atoms with Gasteiger partial charge < -0.3 is 0 Å². The Kier molecular flexibility index (Phi) is 6.94. The van der Waals surface area contributed by atoms with Gasteiger partial charge in [-0.3, -0.25) is 0 Å². The second-order valence-electron chi connectivity index (χ2n) is 8.51. The van der Waals surface area contributed by atoms with Crippen molar-refractivity contribution in [2.75, 3.05) is 0 Å². The van der Waals surface area contributed by atoms with Crippen LogP contribution < -0.4 is 0 Å². The van der Waals surface area contributed by atoms with Gasteiger partial charge in [-0.15, -0.1) is 0 Å². The van der Waals surface area contributed by atoms with Crippen molar-refractivity contribution < 1.29 is 19.1 Å². The molecule has 0 aromatic rings. The van der Waals surface area contributed by atoms with Gasteiger partial charge in [0, 0.05) is 0 Å². The Hall–Kier alpha value is 0.237. The molecule has 0 saturated carbocycles. The molecule has 3 aliphatic rings. The molecule has 0 amide bonds. The monoisotopic (exact) mass is 585 g/mol. The second kappa shape index (κ2) is 8.54. The average molecular weight is 585 g/mol. The van der Waals surface area contributed by atoms with Gasteiger partial charge in [-0.1, -0.05) is 0 Å². The van der Waals surface area contributed by atoms with Crippen molar-refractivity contribution in [2.24, 2.45) is 11.3 Å². The first-order valence-corrected chi connectivity index (χ1v) is 23.3. The first kappa shape index (κ1) is 21.9.